The lowest BCUT2D eigenvalue weighted by Crippen LogP contribution is -2.33. The summed E-state index contributed by atoms with van der Waals surface area (Å²) in [6.07, 6.45) is 5.46. The Balaban J connectivity index is 1.88. The molecule has 1 aliphatic carbocycles. The van der Waals surface area contributed by atoms with Crippen LogP contribution in [0.4, 0.5) is 0 Å². The summed E-state index contributed by atoms with van der Waals surface area (Å²) >= 11 is 0. The molecule has 2 rings (SSSR count). The zero-order chi connectivity index (χ0) is 10.7. The Morgan fingerprint density at radius 1 is 1.60 bits per heavy atom. The highest BCUT2D eigenvalue weighted by Crippen LogP contribution is 2.43. The number of nitrogens with one attached hydrogen (secondary N) is 1. The molecule has 1 aromatic rings. The predicted molar refractivity (Wildman–Crippen MR) is 57.3 cm³/mol. The quantitative estimate of drug-likeness (QED) is 0.754. The van der Waals surface area contributed by atoms with Gasteiger partial charge in [0.05, 0.1) is 5.56 Å². The smallest absolute Gasteiger partial charge is 0.252 e. The van der Waals surface area contributed by atoms with Gasteiger partial charge in [0.2, 0.25) is 0 Å². The second-order valence-electron chi connectivity index (χ2n) is 4.13. The minimum absolute atomic E-state index is 0.0668. The van der Waals surface area contributed by atoms with E-state index in [1.807, 2.05) is 0 Å². The Morgan fingerprint density at radius 2 is 2.40 bits per heavy atom. The summed E-state index contributed by atoms with van der Waals surface area (Å²) in [5, 5.41) is 2.89. The van der Waals surface area contributed by atoms with Crippen molar-refractivity contribution >= 4 is 5.91 Å². The van der Waals surface area contributed by atoms with Crippen LogP contribution in [0.15, 0.2) is 24.5 Å². The molecule has 1 aliphatic rings. The van der Waals surface area contributed by atoms with Gasteiger partial charge in [-0.3, -0.25) is 9.78 Å². The van der Waals surface area contributed by atoms with Crippen LogP contribution in [-0.4, -0.2) is 24.0 Å². The lowest BCUT2D eigenvalue weighted by Gasteiger charge is -2.12. The van der Waals surface area contributed by atoms with Crippen LogP contribution in [0.1, 0.15) is 23.2 Å². The fourth-order valence-corrected chi connectivity index (χ4v) is 1.50. The lowest BCUT2D eigenvalue weighted by molar-refractivity contribution is 0.0945. The highest BCUT2D eigenvalue weighted by atomic mass is 16.1. The second-order valence-corrected chi connectivity index (χ2v) is 4.13. The second kappa shape index (κ2) is 3.98. The van der Waals surface area contributed by atoms with Crippen LogP contribution in [0.25, 0.3) is 0 Å². The van der Waals surface area contributed by atoms with E-state index in [1.165, 1.54) is 0 Å². The minimum atomic E-state index is -0.0668. The van der Waals surface area contributed by atoms with Gasteiger partial charge in [-0.2, -0.15) is 0 Å². The van der Waals surface area contributed by atoms with Gasteiger partial charge in [-0.1, -0.05) is 0 Å². The molecule has 0 aromatic carbocycles. The van der Waals surface area contributed by atoms with E-state index in [2.05, 4.69) is 10.3 Å². The van der Waals surface area contributed by atoms with E-state index in [-0.39, 0.29) is 11.3 Å². The van der Waals surface area contributed by atoms with Gasteiger partial charge in [0, 0.05) is 24.4 Å². The average Bonchev–Trinajstić information content (AvgIpc) is 3.08. The zero-order valence-electron chi connectivity index (χ0n) is 8.57. The predicted octanol–water partition coefficient (Wildman–Crippen LogP) is 0.550. The number of pyridine rings is 1. The molecule has 1 fully saturated rings. The van der Waals surface area contributed by atoms with E-state index in [4.69, 9.17) is 5.73 Å². The normalized spacial score (nSPS) is 17.1. The van der Waals surface area contributed by atoms with Crippen LogP contribution in [0.2, 0.25) is 0 Å². The van der Waals surface area contributed by atoms with E-state index in [1.54, 1.807) is 24.5 Å². The Hall–Kier alpha value is -1.42. The molecule has 80 valence electrons. The molecule has 1 aromatic heterocycles. The summed E-state index contributed by atoms with van der Waals surface area (Å²) in [7, 11) is 0. The first-order valence-corrected chi connectivity index (χ1v) is 5.14. The highest BCUT2D eigenvalue weighted by Gasteiger charge is 2.41. The molecular formula is C11H15N3O. The zero-order valence-corrected chi connectivity index (χ0v) is 8.57. The molecule has 1 heterocycles. The SMILES string of the molecule is NCC1(CNC(=O)c2cccnc2)CC1. The van der Waals surface area contributed by atoms with Crippen LogP contribution in [0.3, 0.4) is 0 Å². The highest BCUT2D eigenvalue weighted by molar-refractivity contribution is 5.93. The van der Waals surface area contributed by atoms with E-state index in [0.717, 1.165) is 12.8 Å². The van der Waals surface area contributed by atoms with Crippen LogP contribution >= 0.6 is 0 Å². The van der Waals surface area contributed by atoms with Crippen molar-refractivity contribution in [2.75, 3.05) is 13.1 Å². The van der Waals surface area contributed by atoms with Crippen molar-refractivity contribution in [1.82, 2.24) is 10.3 Å². The fourth-order valence-electron chi connectivity index (χ4n) is 1.50. The van der Waals surface area contributed by atoms with Gasteiger partial charge < -0.3 is 11.1 Å². The van der Waals surface area contributed by atoms with Crippen molar-refractivity contribution in [3.8, 4) is 0 Å². The Morgan fingerprint density at radius 3 is 2.93 bits per heavy atom. The van der Waals surface area contributed by atoms with Crippen LogP contribution in [0, 0.1) is 5.41 Å². The Kier molecular flexibility index (Phi) is 2.68. The van der Waals surface area contributed by atoms with Gasteiger partial charge in [-0.05, 0) is 31.5 Å². The maximum absolute atomic E-state index is 11.6. The summed E-state index contributed by atoms with van der Waals surface area (Å²) in [4.78, 5) is 15.5. The molecule has 0 aliphatic heterocycles. The molecule has 1 amide bonds. The molecule has 15 heavy (non-hydrogen) atoms. The van der Waals surface area contributed by atoms with E-state index in [9.17, 15) is 4.79 Å². The van der Waals surface area contributed by atoms with Gasteiger partial charge in [0.25, 0.3) is 5.91 Å². The van der Waals surface area contributed by atoms with Crippen molar-refractivity contribution < 1.29 is 4.79 Å². The largest absolute Gasteiger partial charge is 0.351 e. The topological polar surface area (TPSA) is 68.0 Å². The minimum Gasteiger partial charge on any atom is -0.351 e. The summed E-state index contributed by atoms with van der Waals surface area (Å²) < 4.78 is 0. The van der Waals surface area contributed by atoms with Crippen molar-refractivity contribution in [3.63, 3.8) is 0 Å². The molecular weight excluding hydrogens is 190 g/mol. The molecule has 0 saturated heterocycles. The number of rotatable bonds is 4. The van der Waals surface area contributed by atoms with Gasteiger partial charge in [0.15, 0.2) is 0 Å². The third kappa shape index (κ3) is 2.33. The summed E-state index contributed by atoms with van der Waals surface area (Å²) in [6.45, 7) is 1.33. The third-order valence-electron chi connectivity index (χ3n) is 2.94. The van der Waals surface area contributed by atoms with Crippen molar-refractivity contribution in [1.29, 1.82) is 0 Å². The first kappa shape index (κ1) is 10.1. The monoisotopic (exact) mass is 205 g/mol. The van der Waals surface area contributed by atoms with Crippen molar-refractivity contribution in [2.24, 2.45) is 11.1 Å². The molecule has 0 bridgehead atoms. The van der Waals surface area contributed by atoms with Gasteiger partial charge in [-0.25, -0.2) is 0 Å². The van der Waals surface area contributed by atoms with E-state index in [0.29, 0.717) is 18.7 Å². The number of carbonyl (C=O) groups is 1. The number of hydrogen-bond donors (Lipinski definition) is 2. The van der Waals surface area contributed by atoms with E-state index >= 15 is 0 Å². The first-order chi connectivity index (χ1) is 7.26. The molecule has 0 atom stereocenters. The molecule has 3 N–H and O–H groups in total. The molecule has 0 spiro atoms. The number of carbonyl (C=O) groups excluding carboxylic acids is 1. The van der Waals surface area contributed by atoms with E-state index < -0.39 is 0 Å². The van der Waals surface area contributed by atoms with Gasteiger partial charge in [-0.15, -0.1) is 0 Å². The van der Waals surface area contributed by atoms with Crippen LogP contribution in [-0.2, 0) is 0 Å². The maximum Gasteiger partial charge on any atom is 0.252 e. The number of nitrogens with two attached hydrogens (primary N) is 1. The van der Waals surface area contributed by atoms with Crippen LogP contribution < -0.4 is 11.1 Å². The summed E-state index contributed by atoms with van der Waals surface area (Å²) in [5.74, 6) is -0.0668. The Labute approximate surface area is 88.9 Å². The van der Waals surface area contributed by atoms with Gasteiger partial charge in [0.1, 0.15) is 0 Å². The standard InChI is InChI=1S/C11H15N3O/c12-7-11(3-4-11)8-14-10(15)9-2-1-5-13-6-9/h1-2,5-6H,3-4,7-8,12H2,(H,14,15). The molecule has 4 heteroatoms. The number of aromatic nitrogens is 1. The number of hydrogen-bond acceptors (Lipinski definition) is 3. The Bertz CT molecular complexity index is 346. The average molecular weight is 205 g/mol. The third-order valence-corrected chi connectivity index (χ3v) is 2.94. The number of nitrogens with zero attached hydrogens (tertiary/aromatic N) is 1. The number of amides is 1. The summed E-state index contributed by atoms with van der Waals surface area (Å²) in [5.41, 5.74) is 6.41. The molecule has 0 radical (unpaired) electrons. The summed E-state index contributed by atoms with van der Waals surface area (Å²) in [6, 6.07) is 3.51. The fraction of sp³-hybridized carbons (Fsp3) is 0.455. The van der Waals surface area contributed by atoms with Crippen molar-refractivity contribution in [2.45, 2.75) is 12.8 Å². The van der Waals surface area contributed by atoms with Crippen LogP contribution in [0.5, 0.6) is 0 Å². The first-order valence-electron chi connectivity index (χ1n) is 5.14. The molecule has 1 saturated carbocycles. The molecule has 4 nitrogen and oxygen atoms in total. The van der Waals surface area contributed by atoms with Crippen molar-refractivity contribution in [3.05, 3.63) is 30.1 Å². The lowest BCUT2D eigenvalue weighted by atomic mass is 10.1. The maximum atomic E-state index is 11.6. The molecule has 0 unspecified atom stereocenters. The van der Waals surface area contributed by atoms with Gasteiger partial charge >= 0.3 is 0 Å².